The molecule has 1 saturated carbocycles. The molecule has 0 radical (unpaired) electrons. The van der Waals surface area contributed by atoms with Crippen molar-refractivity contribution in [3.63, 3.8) is 0 Å². The summed E-state index contributed by atoms with van der Waals surface area (Å²) < 4.78 is 14.8. The molecule has 4 rings (SSSR count). The van der Waals surface area contributed by atoms with Gasteiger partial charge in [0.05, 0.1) is 5.56 Å². The minimum Gasteiger partial charge on any atom is -0.302 e. The minimum absolute atomic E-state index is 0.0197. The van der Waals surface area contributed by atoms with E-state index in [9.17, 15) is 9.18 Å². The molecular weight excluding hydrogens is 289 g/mol. The molecule has 1 heterocycles. The van der Waals surface area contributed by atoms with Crippen molar-refractivity contribution in [2.24, 2.45) is 11.8 Å². The zero-order valence-corrected chi connectivity index (χ0v) is 13.3. The number of carbonyl (C=O) groups excluding carboxylic acids is 1. The van der Waals surface area contributed by atoms with Crippen LogP contribution in [-0.2, 0) is 0 Å². The van der Waals surface area contributed by atoms with E-state index < -0.39 is 0 Å². The number of hydrogen-bond donors (Lipinski definition) is 0. The van der Waals surface area contributed by atoms with Crippen LogP contribution in [0, 0.1) is 17.7 Å². The Morgan fingerprint density at radius 2 is 1.96 bits per heavy atom. The Hall–Kier alpha value is -1.74. The van der Waals surface area contributed by atoms with Crippen molar-refractivity contribution in [2.75, 3.05) is 19.6 Å². The molecule has 1 atom stereocenters. The predicted molar refractivity (Wildman–Crippen MR) is 90.1 cm³/mol. The van der Waals surface area contributed by atoms with Gasteiger partial charge in [0.2, 0.25) is 0 Å². The number of carbonyl (C=O) groups is 1. The lowest BCUT2D eigenvalue weighted by Crippen LogP contribution is -2.39. The molecule has 2 aromatic carbocycles. The van der Waals surface area contributed by atoms with E-state index >= 15 is 0 Å². The molecule has 1 aliphatic heterocycles. The van der Waals surface area contributed by atoms with Crippen molar-refractivity contribution in [1.82, 2.24) is 4.90 Å². The molecular formula is C20H22FNO. The molecule has 2 fully saturated rings. The van der Waals surface area contributed by atoms with Crippen LogP contribution in [0.2, 0.25) is 0 Å². The van der Waals surface area contributed by atoms with Crippen LogP contribution < -0.4 is 0 Å². The van der Waals surface area contributed by atoms with E-state index in [4.69, 9.17) is 0 Å². The van der Waals surface area contributed by atoms with E-state index in [2.05, 4.69) is 4.90 Å². The summed E-state index contributed by atoms with van der Waals surface area (Å²) in [6, 6.07) is 10.9. The topological polar surface area (TPSA) is 20.3 Å². The largest absolute Gasteiger partial charge is 0.302 e. The quantitative estimate of drug-likeness (QED) is 0.785. The second-order valence-electron chi connectivity index (χ2n) is 7.05. The van der Waals surface area contributed by atoms with Gasteiger partial charge in [0, 0.05) is 24.4 Å². The number of benzene rings is 2. The molecule has 120 valence electrons. The standard InChI is InChI=1S/C20H22FNO/c21-19-17-6-2-1-4-15(17)9-10-18(19)20(23)16-5-3-11-22(13-16)12-14-7-8-14/h1-2,4,6,9-10,14,16H,3,5,7-8,11-13H2. The second kappa shape index (κ2) is 6.04. The zero-order chi connectivity index (χ0) is 15.8. The van der Waals surface area contributed by atoms with Crippen molar-refractivity contribution in [3.8, 4) is 0 Å². The third-order valence-corrected chi connectivity index (χ3v) is 5.22. The summed E-state index contributed by atoms with van der Waals surface area (Å²) in [7, 11) is 0. The normalized spacial score (nSPS) is 22.4. The maximum absolute atomic E-state index is 14.8. The molecule has 0 spiro atoms. The number of nitrogens with zero attached hydrogens (tertiary/aromatic N) is 1. The van der Waals surface area contributed by atoms with E-state index in [1.807, 2.05) is 24.3 Å². The molecule has 1 unspecified atom stereocenters. The molecule has 0 N–H and O–H groups in total. The van der Waals surface area contributed by atoms with Gasteiger partial charge in [-0.15, -0.1) is 0 Å². The summed E-state index contributed by atoms with van der Waals surface area (Å²) in [4.78, 5) is 15.2. The van der Waals surface area contributed by atoms with Gasteiger partial charge in [-0.1, -0.05) is 30.3 Å². The first-order valence-electron chi connectivity index (χ1n) is 8.66. The maximum Gasteiger partial charge on any atom is 0.170 e. The van der Waals surface area contributed by atoms with E-state index in [-0.39, 0.29) is 23.1 Å². The van der Waals surface area contributed by atoms with E-state index in [0.29, 0.717) is 5.39 Å². The van der Waals surface area contributed by atoms with Gasteiger partial charge in [0.25, 0.3) is 0 Å². The number of halogens is 1. The van der Waals surface area contributed by atoms with Crippen LogP contribution in [0.4, 0.5) is 4.39 Å². The zero-order valence-electron chi connectivity index (χ0n) is 13.3. The fourth-order valence-corrected chi connectivity index (χ4v) is 3.74. The smallest absolute Gasteiger partial charge is 0.170 e. The fraction of sp³-hybridized carbons (Fsp3) is 0.450. The second-order valence-corrected chi connectivity index (χ2v) is 7.05. The van der Waals surface area contributed by atoms with Gasteiger partial charge in [-0.2, -0.15) is 0 Å². The van der Waals surface area contributed by atoms with Crippen LogP contribution in [0.1, 0.15) is 36.0 Å². The first-order valence-corrected chi connectivity index (χ1v) is 8.66. The van der Waals surface area contributed by atoms with Crippen molar-refractivity contribution >= 4 is 16.6 Å². The third kappa shape index (κ3) is 3.02. The highest BCUT2D eigenvalue weighted by Gasteiger charge is 2.31. The number of likely N-dealkylation sites (tertiary alicyclic amines) is 1. The van der Waals surface area contributed by atoms with Gasteiger partial charge >= 0.3 is 0 Å². The highest BCUT2D eigenvalue weighted by Crippen LogP contribution is 2.32. The lowest BCUT2D eigenvalue weighted by molar-refractivity contribution is 0.0811. The van der Waals surface area contributed by atoms with Crippen LogP contribution in [0.25, 0.3) is 10.8 Å². The van der Waals surface area contributed by atoms with Crippen molar-refractivity contribution in [2.45, 2.75) is 25.7 Å². The molecule has 0 amide bonds. The van der Waals surface area contributed by atoms with Gasteiger partial charge in [-0.3, -0.25) is 4.79 Å². The van der Waals surface area contributed by atoms with E-state index in [1.165, 1.54) is 12.8 Å². The van der Waals surface area contributed by atoms with Gasteiger partial charge in [0.1, 0.15) is 5.82 Å². The van der Waals surface area contributed by atoms with Crippen molar-refractivity contribution < 1.29 is 9.18 Å². The molecule has 2 aromatic rings. The lowest BCUT2D eigenvalue weighted by Gasteiger charge is -2.32. The Balaban J connectivity index is 1.57. The van der Waals surface area contributed by atoms with Gasteiger partial charge in [-0.05, 0) is 49.6 Å². The summed E-state index contributed by atoms with van der Waals surface area (Å²) in [5, 5.41) is 1.39. The Kier molecular flexibility index (Phi) is 3.90. The number of fused-ring (bicyclic) bond motifs is 1. The maximum atomic E-state index is 14.8. The average molecular weight is 311 g/mol. The molecule has 1 aliphatic carbocycles. The summed E-state index contributed by atoms with van der Waals surface area (Å²) >= 11 is 0. The van der Waals surface area contributed by atoms with Crippen LogP contribution >= 0.6 is 0 Å². The molecule has 0 bridgehead atoms. The number of piperidine rings is 1. The van der Waals surface area contributed by atoms with Crippen molar-refractivity contribution in [3.05, 3.63) is 47.8 Å². The molecule has 0 aromatic heterocycles. The third-order valence-electron chi connectivity index (χ3n) is 5.22. The van der Waals surface area contributed by atoms with Crippen LogP contribution in [0.3, 0.4) is 0 Å². The van der Waals surface area contributed by atoms with Crippen LogP contribution in [0.5, 0.6) is 0 Å². The number of Topliss-reactive ketones (excluding diaryl/α,β-unsaturated/α-hetero) is 1. The first-order chi connectivity index (χ1) is 11.2. The lowest BCUT2D eigenvalue weighted by atomic mass is 9.88. The number of rotatable bonds is 4. The summed E-state index contributed by atoms with van der Waals surface area (Å²) in [5.41, 5.74) is 0.266. The molecule has 1 saturated heterocycles. The van der Waals surface area contributed by atoms with E-state index in [0.717, 1.165) is 43.8 Å². The summed E-state index contributed by atoms with van der Waals surface area (Å²) in [6.45, 7) is 2.99. The first kappa shape index (κ1) is 14.8. The van der Waals surface area contributed by atoms with Crippen molar-refractivity contribution in [1.29, 1.82) is 0 Å². The number of hydrogen-bond acceptors (Lipinski definition) is 2. The highest BCUT2D eigenvalue weighted by molar-refractivity contribution is 6.02. The minimum atomic E-state index is -0.354. The van der Waals surface area contributed by atoms with Gasteiger partial charge < -0.3 is 4.90 Å². The Labute approximate surface area is 136 Å². The van der Waals surface area contributed by atoms with Gasteiger partial charge in [-0.25, -0.2) is 4.39 Å². The Morgan fingerprint density at radius 3 is 2.78 bits per heavy atom. The van der Waals surface area contributed by atoms with E-state index in [1.54, 1.807) is 12.1 Å². The molecule has 23 heavy (non-hydrogen) atoms. The highest BCUT2D eigenvalue weighted by atomic mass is 19.1. The average Bonchev–Trinajstić information content (AvgIpc) is 3.39. The number of ketones is 1. The Morgan fingerprint density at radius 1 is 1.13 bits per heavy atom. The van der Waals surface area contributed by atoms with Gasteiger partial charge in [0.15, 0.2) is 5.78 Å². The van der Waals surface area contributed by atoms with Crippen LogP contribution in [0.15, 0.2) is 36.4 Å². The molecule has 2 nitrogen and oxygen atoms in total. The summed E-state index contributed by atoms with van der Waals surface area (Å²) in [6.07, 6.45) is 4.58. The monoisotopic (exact) mass is 311 g/mol. The Bertz CT molecular complexity index is 737. The SMILES string of the molecule is O=C(c1ccc2ccccc2c1F)C1CCCN(CC2CC2)C1. The fourth-order valence-electron chi connectivity index (χ4n) is 3.74. The van der Waals surface area contributed by atoms with Crippen LogP contribution in [-0.4, -0.2) is 30.3 Å². The summed E-state index contributed by atoms with van der Waals surface area (Å²) in [5.74, 6) is 0.403. The molecule has 3 heteroatoms. The predicted octanol–water partition coefficient (Wildman–Crippen LogP) is 4.28. The molecule has 2 aliphatic rings.